The minimum Gasteiger partial charge on any atom is -0.494 e. The molecule has 2 aromatic rings. The molecule has 5 nitrogen and oxygen atoms in total. The molecule has 5 heteroatoms. The van der Waals surface area contributed by atoms with Crippen LogP contribution in [0.3, 0.4) is 0 Å². The molecule has 1 amide bonds. The number of morpholine rings is 1. The number of hydrogen-bond donors (Lipinski definition) is 1. The maximum atomic E-state index is 12.4. The molecule has 2 aromatic carbocycles. The van der Waals surface area contributed by atoms with Gasteiger partial charge in [0.25, 0.3) is 5.91 Å². The molecule has 132 valence electrons. The van der Waals surface area contributed by atoms with Gasteiger partial charge in [-0.1, -0.05) is 13.0 Å². The van der Waals surface area contributed by atoms with Gasteiger partial charge in [-0.25, -0.2) is 0 Å². The first-order chi connectivity index (χ1) is 12.3. The van der Waals surface area contributed by atoms with Gasteiger partial charge >= 0.3 is 0 Å². The number of nitrogens with one attached hydrogen (secondary N) is 1. The van der Waals surface area contributed by atoms with E-state index in [0.717, 1.165) is 49.8 Å². The molecule has 0 unspecified atom stereocenters. The van der Waals surface area contributed by atoms with Crippen LogP contribution in [0.25, 0.3) is 0 Å². The summed E-state index contributed by atoms with van der Waals surface area (Å²) in [4.78, 5) is 14.7. The highest BCUT2D eigenvalue weighted by Gasteiger charge is 2.12. The predicted octanol–water partition coefficient (Wildman–Crippen LogP) is 3.56. The Labute approximate surface area is 148 Å². The number of carbonyl (C=O) groups excluding carboxylic acids is 1. The third-order valence-electron chi connectivity index (χ3n) is 4.07. The van der Waals surface area contributed by atoms with Gasteiger partial charge in [0.15, 0.2) is 0 Å². The summed E-state index contributed by atoms with van der Waals surface area (Å²) in [5, 5.41) is 2.93. The van der Waals surface area contributed by atoms with Crippen molar-refractivity contribution in [3.05, 3.63) is 54.1 Å². The Morgan fingerprint density at radius 3 is 2.64 bits per heavy atom. The van der Waals surface area contributed by atoms with Gasteiger partial charge in [0.2, 0.25) is 0 Å². The van der Waals surface area contributed by atoms with E-state index >= 15 is 0 Å². The number of benzene rings is 2. The van der Waals surface area contributed by atoms with Crippen LogP contribution in [-0.2, 0) is 4.74 Å². The summed E-state index contributed by atoms with van der Waals surface area (Å²) < 4.78 is 11.0. The van der Waals surface area contributed by atoms with E-state index in [0.29, 0.717) is 12.2 Å². The van der Waals surface area contributed by atoms with Crippen LogP contribution in [0.2, 0.25) is 0 Å². The number of amides is 1. The summed E-state index contributed by atoms with van der Waals surface area (Å²) in [6, 6.07) is 15.2. The Balaban J connectivity index is 1.62. The van der Waals surface area contributed by atoms with E-state index in [-0.39, 0.29) is 5.91 Å². The van der Waals surface area contributed by atoms with Gasteiger partial charge in [-0.05, 0) is 48.9 Å². The van der Waals surface area contributed by atoms with Crippen LogP contribution in [-0.4, -0.2) is 38.8 Å². The highest BCUT2D eigenvalue weighted by molar-refractivity contribution is 6.04. The lowest BCUT2D eigenvalue weighted by Crippen LogP contribution is -2.36. The Morgan fingerprint density at radius 1 is 1.16 bits per heavy atom. The SMILES string of the molecule is CCCOc1cccc(C(=O)Nc2ccc(N3CCOCC3)cc2)c1. The van der Waals surface area contributed by atoms with E-state index in [9.17, 15) is 4.79 Å². The first-order valence-electron chi connectivity index (χ1n) is 8.73. The molecule has 1 N–H and O–H groups in total. The van der Waals surface area contributed by atoms with Gasteiger partial charge in [-0.2, -0.15) is 0 Å². The number of nitrogens with zero attached hydrogens (tertiary/aromatic N) is 1. The van der Waals surface area contributed by atoms with E-state index in [1.165, 1.54) is 0 Å². The van der Waals surface area contributed by atoms with Gasteiger partial charge in [0, 0.05) is 30.0 Å². The fourth-order valence-electron chi connectivity index (χ4n) is 2.73. The van der Waals surface area contributed by atoms with Crippen molar-refractivity contribution < 1.29 is 14.3 Å². The third kappa shape index (κ3) is 4.73. The molecular weight excluding hydrogens is 316 g/mol. The smallest absolute Gasteiger partial charge is 0.255 e. The first kappa shape index (κ1) is 17.3. The molecule has 0 radical (unpaired) electrons. The van der Waals surface area contributed by atoms with E-state index < -0.39 is 0 Å². The largest absolute Gasteiger partial charge is 0.494 e. The number of ether oxygens (including phenoxy) is 2. The summed E-state index contributed by atoms with van der Waals surface area (Å²) in [6.07, 6.45) is 0.936. The Hall–Kier alpha value is -2.53. The van der Waals surface area contributed by atoms with Crippen LogP contribution >= 0.6 is 0 Å². The molecular formula is C20H24N2O3. The standard InChI is InChI=1S/C20H24N2O3/c1-2-12-25-19-5-3-4-16(15-19)20(23)21-17-6-8-18(9-7-17)22-10-13-24-14-11-22/h3-9,15H,2,10-14H2,1H3,(H,21,23). The number of rotatable bonds is 6. The molecule has 0 aliphatic carbocycles. The molecule has 1 heterocycles. The normalized spacial score (nSPS) is 14.2. The zero-order chi connectivity index (χ0) is 17.5. The first-order valence-corrected chi connectivity index (χ1v) is 8.73. The molecule has 0 bridgehead atoms. The molecule has 3 rings (SSSR count). The van der Waals surface area contributed by atoms with Gasteiger partial charge in [-0.3, -0.25) is 4.79 Å². The van der Waals surface area contributed by atoms with E-state index in [1.54, 1.807) is 12.1 Å². The summed E-state index contributed by atoms with van der Waals surface area (Å²) in [6.45, 7) is 6.02. The summed E-state index contributed by atoms with van der Waals surface area (Å²) in [5.74, 6) is 0.582. The second-order valence-electron chi connectivity index (χ2n) is 5.98. The van der Waals surface area contributed by atoms with Crippen molar-refractivity contribution in [1.82, 2.24) is 0 Å². The number of hydrogen-bond acceptors (Lipinski definition) is 4. The van der Waals surface area contributed by atoms with Crippen LogP contribution in [0.1, 0.15) is 23.7 Å². The van der Waals surface area contributed by atoms with Crippen molar-refractivity contribution in [3.8, 4) is 5.75 Å². The fourth-order valence-corrected chi connectivity index (χ4v) is 2.73. The Kier molecular flexibility index (Phi) is 5.90. The van der Waals surface area contributed by atoms with Gasteiger partial charge in [0.05, 0.1) is 19.8 Å². The Morgan fingerprint density at radius 2 is 1.92 bits per heavy atom. The fraction of sp³-hybridized carbons (Fsp3) is 0.350. The quantitative estimate of drug-likeness (QED) is 0.873. The highest BCUT2D eigenvalue weighted by atomic mass is 16.5. The maximum Gasteiger partial charge on any atom is 0.255 e. The van der Waals surface area contributed by atoms with Crippen molar-refractivity contribution >= 4 is 17.3 Å². The molecule has 1 saturated heterocycles. The van der Waals surface area contributed by atoms with Gasteiger partial charge in [-0.15, -0.1) is 0 Å². The Bertz CT molecular complexity index is 694. The van der Waals surface area contributed by atoms with Crippen LogP contribution < -0.4 is 15.0 Å². The summed E-state index contributed by atoms with van der Waals surface area (Å²) in [7, 11) is 0. The zero-order valence-electron chi connectivity index (χ0n) is 14.5. The molecule has 1 aliphatic heterocycles. The molecule has 0 spiro atoms. The van der Waals surface area contributed by atoms with Gasteiger partial charge in [0.1, 0.15) is 5.75 Å². The van der Waals surface area contributed by atoms with E-state index in [1.807, 2.05) is 36.4 Å². The lowest BCUT2D eigenvalue weighted by Gasteiger charge is -2.28. The molecule has 1 aliphatic rings. The maximum absolute atomic E-state index is 12.4. The lowest BCUT2D eigenvalue weighted by atomic mass is 10.2. The third-order valence-corrected chi connectivity index (χ3v) is 4.07. The van der Waals surface area contributed by atoms with E-state index in [4.69, 9.17) is 9.47 Å². The molecule has 0 atom stereocenters. The van der Waals surface area contributed by atoms with E-state index in [2.05, 4.69) is 17.1 Å². The summed E-state index contributed by atoms with van der Waals surface area (Å²) in [5.41, 5.74) is 2.52. The number of carbonyl (C=O) groups is 1. The molecule has 0 saturated carbocycles. The van der Waals surface area contributed by atoms with Crippen LogP contribution in [0.15, 0.2) is 48.5 Å². The molecule has 25 heavy (non-hydrogen) atoms. The van der Waals surface area contributed by atoms with Crippen LogP contribution in [0.5, 0.6) is 5.75 Å². The minimum atomic E-state index is -0.138. The second-order valence-corrected chi connectivity index (χ2v) is 5.98. The average Bonchev–Trinajstić information content (AvgIpc) is 2.68. The molecule has 1 fully saturated rings. The predicted molar refractivity (Wildman–Crippen MR) is 99.7 cm³/mol. The van der Waals surface area contributed by atoms with Crippen molar-refractivity contribution in [2.45, 2.75) is 13.3 Å². The average molecular weight is 340 g/mol. The van der Waals surface area contributed by atoms with Crippen molar-refractivity contribution in [2.75, 3.05) is 43.1 Å². The monoisotopic (exact) mass is 340 g/mol. The lowest BCUT2D eigenvalue weighted by molar-refractivity contribution is 0.102. The topological polar surface area (TPSA) is 50.8 Å². The highest BCUT2D eigenvalue weighted by Crippen LogP contribution is 2.20. The van der Waals surface area contributed by atoms with Crippen molar-refractivity contribution in [3.63, 3.8) is 0 Å². The second kappa shape index (κ2) is 8.53. The van der Waals surface area contributed by atoms with Gasteiger partial charge < -0.3 is 19.7 Å². The molecule has 0 aromatic heterocycles. The van der Waals surface area contributed by atoms with Crippen molar-refractivity contribution in [2.24, 2.45) is 0 Å². The van der Waals surface area contributed by atoms with Crippen LogP contribution in [0.4, 0.5) is 11.4 Å². The summed E-state index contributed by atoms with van der Waals surface area (Å²) >= 11 is 0. The van der Waals surface area contributed by atoms with Crippen molar-refractivity contribution in [1.29, 1.82) is 0 Å². The zero-order valence-corrected chi connectivity index (χ0v) is 14.5. The minimum absolute atomic E-state index is 0.138. The number of anilines is 2. The van der Waals surface area contributed by atoms with Crippen LogP contribution in [0, 0.1) is 0 Å².